The zero-order chi connectivity index (χ0) is 13.8. The van der Waals surface area contributed by atoms with Crippen LogP contribution < -0.4 is 5.73 Å². The van der Waals surface area contributed by atoms with Gasteiger partial charge in [0, 0.05) is 19.1 Å². The first-order valence-corrected chi connectivity index (χ1v) is 5.97. The number of hydrogen-bond donors (Lipinski definition) is 1. The lowest BCUT2D eigenvalue weighted by atomic mass is 9.92. The number of piperidine rings is 1. The van der Waals surface area contributed by atoms with Crippen LogP contribution in [0.15, 0.2) is 0 Å². The molecule has 0 spiro atoms. The molecule has 0 bridgehead atoms. The molecule has 2 unspecified atom stereocenters. The summed E-state index contributed by atoms with van der Waals surface area (Å²) in [6, 6.07) is -0.0170. The summed E-state index contributed by atoms with van der Waals surface area (Å²) in [4.78, 5) is 13.2. The first kappa shape index (κ1) is 18.5. The third kappa shape index (κ3) is 6.98. The minimum absolute atomic E-state index is 0. The zero-order valence-electron chi connectivity index (χ0n) is 10.8. The number of likely N-dealkylation sites (tertiary alicyclic amines) is 1. The fraction of sp³-hybridized carbons (Fsp3) is 0.909. The molecule has 0 aromatic carbocycles. The van der Waals surface area contributed by atoms with Crippen molar-refractivity contribution in [2.24, 2.45) is 11.7 Å². The van der Waals surface area contributed by atoms with E-state index in [0.29, 0.717) is 13.1 Å². The van der Waals surface area contributed by atoms with Gasteiger partial charge in [-0.15, -0.1) is 12.4 Å². The highest BCUT2D eigenvalue weighted by Crippen LogP contribution is 2.19. The van der Waals surface area contributed by atoms with Crippen molar-refractivity contribution in [3.63, 3.8) is 0 Å². The molecule has 0 saturated carbocycles. The number of halogens is 4. The minimum atomic E-state index is -4.39. The van der Waals surface area contributed by atoms with E-state index in [0.717, 1.165) is 12.8 Å². The molecular formula is C11H20ClF3N2O2. The van der Waals surface area contributed by atoms with Gasteiger partial charge in [-0.1, -0.05) is 0 Å². The molecular weight excluding hydrogens is 285 g/mol. The second-order valence-electron chi connectivity index (χ2n) is 4.71. The smallest absolute Gasteiger partial charge is 0.362 e. The molecule has 114 valence electrons. The number of alkyl halides is 3. The normalized spacial score (nSPS) is 21.7. The van der Waals surface area contributed by atoms with Gasteiger partial charge in [-0.3, -0.25) is 4.79 Å². The molecule has 4 nitrogen and oxygen atoms in total. The van der Waals surface area contributed by atoms with Crippen molar-refractivity contribution in [1.82, 2.24) is 4.90 Å². The quantitative estimate of drug-likeness (QED) is 0.858. The Balaban J connectivity index is 0.00000324. The Morgan fingerprint density at radius 3 is 2.68 bits per heavy atom. The Hall–Kier alpha value is -0.530. The second-order valence-corrected chi connectivity index (χ2v) is 4.71. The van der Waals surface area contributed by atoms with E-state index in [1.165, 1.54) is 4.90 Å². The van der Waals surface area contributed by atoms with Gasteiger partial charge in [0.15, 0.2) is 0 Å². The number of rotatable bonds is 4. The Kier molecular flexibility index (Phi) is 7.69. The second kappa shape index (κ2) is 7.91. The number of carbonyl (C=O) groups excluding carboxylic acids is 1. The highest BCUT2D eigenvalue weighted by atomic mass is 35.5. The molecule has 19 heavy (non-hydrogen) atoms. The summed E-state index contributed by atoms with van der Waals surface area (Å²) in [7, 11) is 0. The molecule has 0 aromatic rings. The van der Waals surface area contributed by atoms with Crippen LogP contribution in [0.5, 0.6) is 0 Å². The summed E-state index contributed by atoms with van der Waals surface area (Å²) in [5, 5.41) is 0. The predicted octanol–water partition coefficient (Wildman–Crippen LogP) is 1.57. The Morgan fingerprint density at radius 2 is 2.16 bits per heavy atom. The average molecular weight is 305 g/mol. The van der Waals surface area contributed by atoms with Crippen LogP contribution in [0.2, 0.25) is 0 Å². The van der Waals surface area contributed by atoms with Gasteiger partial charge in [0.1, 0.15) is 13.2 Å². The monoisotopic (exact) mass is 304 g/mol. The van der Waals surface area contributed by atoms with Crippen LogP contribution in [0, 0.1) is 5.92 Å². The molecule has 0 radical (unpaired) electrons. The van der Waals surface area contributed by atoms with Crippen molar-refractivity contribution in [3.05, 3.63) is 0 Å². The summed E-state index contributed by atoms with van der Waals surface area (Å²) in [6.45, 7) is 1.04. The number of hydrogen-bond acceptors (Lipinski definition) is 3. The molecule has 8 heteroatoms. The standard InChI is InChI=1S/C11H19F3N2O2.ClH/c1-8(15)9-3-2-4-16(5-9)10(17)6-18-7-11(12,13)14;/h8-9H,2-7,15H2,1H3;1H. The van der Waals surface area contributed by atoms with Crippen molar-refractivity contribution in [2.75, 3.05) is 26.3 Å². The SMILES string of the molecule is CC(N)C1CCCN(C(=O)COCC(F)(F)F)C1.Cl. The van der Waals surface area contributed by atoms with E-state index >= 15 is 0 Å². The van der Waals surface area contributed by atoms with Crippen molar-refractivity contribution in [2.45, 2.75) is 32.0 Å². The van der Waals surface area contributed by atoms with Gasteiger partial charge < -0.3 is 15.4 Å². The van der Waals surface area contributed by atoms with Crippen LogP contribution >= 0.6 is 12.4 Å². The first-order chi connectivity index (χ1) is 8.29. The maximum atomic E-state index is 11.8. The highest BCUT2D eigenvalue weighted by Gasteiger charge is 2.29. The molecule has 2 N–H and O–H groups in total. The number of nitrogens with zero attached hydrogens (tertiary/aromatic N) is 1. The fourth-order valence-electron chi connectivity index (χ4n) is 2.01. The van der Waals surface area contributed by atoms with Crippen LogP contribution in [-0.2, 0) is 9.53 Å². The van der Waals surface area contributed by atoms with Crippen molar-refractivity contribution >= 4 is 18.3 Å². The van der Waals surface area contributed by atoms with E-state index in [1.807, 2.05) is 6.92 Å². The largest absolute Gasteiger partial charge is 0.411 e. The third-order valence-electron chi connectivity index (χ3n) is 3.05. The van der Waals surface area contributed by atoms with Gasteiger partial charge in [-0.2, -0.15) is 13.2 Å². The molecule has 1 saturated heterocycles. The maximum absolute atomic E-state index is 11.8. The lowest BCUT2D eigenvalue weighted by Gasteiger charge is -2.34. The lowest BCUT2D eigenvalue weighted by molar-refractivity contribution is -0.178. The van der Waals surface area contributed by atoms with Crippen LogP contribution in [0.4, 0.5) is 13.2 Å². The molecule has 1 amide bonds. The van der Waals surface area contributed by atoms with Crippen LogP contribution in [0.25, 0.3) is 0 Å². The summed E-state index contributed by atoms with van der Waals surface area (Å²) < 4.78 is 39.9. The molecule has 0 aliphatic carbocycles. The topological polar surface area (TPSA) is 55.6 Å². The van der Waals surface area contributed by atoms with E-state index in [1.54, 1.807) is 0 Å². The molecule has 1 fully saturated rings. The molecule has 1 heterocycles. The summed E-state index contributed by atoms with van der Waals surface area (Å²) in [5.74, 6) is -0.185. The van der Waals surface area contributed by atoms with Crippen molar-refractivity contribution < 1.29 is 22.7 Å². The van der Waals surface area contributed by atoms with Gasteiger partial charge in [-0.05, 0) is 25.7 Å². The van der Waals surface area contributed by atoms with Crippen molar-refractivity contribution in [1.29, 1.82) is 0 Å². The summed E-state index contributed by atoms with van der Waals surface area (Å²) in [6.07, 6.45) is -2.61. The Labute approximate surface area is 116 Å². The third-order valence-corrected chi connectivity index (χ3v) is 3.05. The van der Waals surface area contributed by atoms with Crippen LogP contribution in [-0.4, -0.2) is 49.3 Å². The first-order valence-electron chi connectivity index (χ1n) is 5.97. The lowest BCUT2D eigenvalue weighted by Crippen LogP contribution is -2.46. The molecule has 1 rings (SSSR count). The maximum Gasteiger partial charge on any atom is 0.411 e. The van der Waals surface area contributed by atoms with E-state index in [2.05, 4.69) is 4.74 Å². The van der Waals surface area contributed by atoms with Crippen LogP contribution in [0.3, 0.4) is 0 Å². The average Bonchev–Trinajstić information content (AvgIpc) is 2.27. The predicted molar refractivity (Wildman–Crippen MR) is 67.1 cm³/mol. The zero-order valence-corrected chi connectivity index (χ0v) is 11.6. The number of amides is 1. The summed E-state index contributed by atoms with van der Waals surface area (Å²) >= 11 is 0. The van der Waals surface area contributed by atoms with Crippen LogP contribution in [0.1, 0.15) is 19.8 Å². The molecule has 1 aliphatic rings. The Morgan fingerprint density at radius 1 is 1.53 bits per heavy atom. The number of carbonyl (C=O) groups is 1. The van der Waals surface area contributed by atoms with Gasteiger partial charge in [0.2, 0.25) is 5.91 Å². The van der Waals surface area contributed by atoms with Gasteiger partial charge in [0.25, 0.3) is 0 Å². The number of nitrogens with two attached hydrogens (primary N) is 1. The minimum Gasteiger partial charge on any atom is -0.362 e. The van der Waals surface area contributed by atoms with Crippen molar-refractivity contribution in [3.8, 4) is 0 Å². The molecule has 0 aromatic heterocycles. The Bertz CT molecular complexity index is 288. The van der Waals surface area contributed by atoms with E-state index in [-0.39, 0.29) is 24.4 Å². The van der Waals surface area contributed by atoms with E-state index in [9.17, 15) is 18.0 Å². The van der Waals surface area contributed by atoms with E-state index in [4.69, 9.17) is 5.73 Å². The van der Waals surface area contributed by atoms with Gasteiger partial charge in [0.05, 0.1) is 0 Å². The number of ether oxygens (including phenoxy) is 1. The molecule has 1 aliphatic heterocycles. The summed E-state index contributed by atoms with van der Waals surface area (Å²) in [5.41, 5.74) is 5.77. The fourth-order valence-corrected chi connectivity index (χ4v) is 2.01. The van der Waals surface area contributed by atoms with Gasteiger partial charge in [-0.25, -0.2) is 0 Å². The van der Waals surface area contributed by atoms with Gasteiger partial charge >= 0.3 is 6.18 Å². The molecule has 2 atom stereocenters. The highest BCUT2D eigenvalue weighted by molar-refractivity contribution is 5.85. The van der Waals surface area contributed by atoms with E-state index < -0.39 is 25.3 Å².